The summed E-state index contributed by atoms with van der Waals surface area (Å²) in [5.74, 6) is 0. The van der Waals surface area contributed by atoms with Crippen LogP contribution in [0.5, 0.6) is 0 Å². The molecule has 4 heteroatoms. The Morgan fingerprint density at radius 3 is 2.41 bits per heavy atom. The number of nitrogens with zero attached hydrogens (tertiary/aromatic N) is 1. The molecule has 0 amide bonds. The molecule has 92 valence electrons. The zero-order valence-corrected chi connectivity index (χ0v) is 12.3. The van der Waals surface area contributed by atoms with Crippen molar-refractivity contribution in [3.8, 4) is 0 Å². The van der Waals surface area contributed by atoms with E-state index in [0.29, 0.717) is 6.54 Å². The van der Waals surface area contributed by atoms with Gasteiger partial charge in [-0.05, 0) is 12.5 Å². The lowest BCUT2D eigenvalue weighted by atomic mass is 10.1. The molecule has 1 unspecified atom stereocenters. The number of benzene rings is 1. The summed E-state index contributed by atoms with van der Waals surface area (Å²) >= 11 is 1.72. The van der Waals surface area contributed by atoms with Crippen molar-refractivity contribution in [3.05, 3.63) is 52.0 Å². The summed E-state index contributed by atoms with van der Waals surface area (Å²) in [4.78, 5) is 1.31. The van der Waals surface area contributed by atoms with E-state index in [1.807, 2.05) is 30.3 Å². The van der Waals surface area contributed by atoms with E-state index in [-0.39, 0.29) is 17.0 Å². The van der Waals surface area contributed by atoms with E-state index < -0.39 is 6.10 Å². The summed E-state index contributed by atoms with van der Waals surface area (Å²) < 4.78 is 2.11. The Labute approximate surface area is 116 Å². The number of thiazole rings is 1. The van der Waals surface area contributed by atoms with Gasteiger partial charge in [0.25, 0.3) is 0 Å². The van der Waals surface area contributed by atoms with Crippen LogP contribution in [0.4, 0.5) is 0 Å². The molecule has 1 heterocycles. The Morgan fingerprint density at radius 1 is 1.24 bits per heavy atom. The second-order valence-electron chi connectivity index (χ2n) is 3.94. The molecule has 1 N–H and O–H groups in total. The summed E-state index contributed by atoms with van der Waals surface area (Å²) in [5.41, 5.74) is 4.27. The van der Waals surface area contributed by atoms with Gasteiger partial charge in [0.05, 0.1) is 4.88 Å². The number of hydrogen-bond acceptors (Lipinski definition) is 2. The lowest BCUT2D eigenvalue weighted by Gasteiger charge is -2.06. The van der Waals surface area contributed by atoms with E-state index in [9.17, 15) is 5.11 Å². The maximum atomic E-state index is 10.1. The Hall–Kier alpha value is -0.710. The lowest BCUT2D eigenvalue weighted by Crippen LogP contribution is -3.00. The zero-order chi connectivity index (χ0) is 11.5. The molecular weight excluding hydrogens is 298 g/mol. The van der Waals surface area contributed by atoms with E-state index in [2.05, 4.69) is 23.9 Å². The monoisotopic (exact) mass is 313 g/mol. The molecule has 1 atom stereocenters. The zero-order valence-electron chi connectivity index (χ0n) is 9.93. The summed E-state index contributed by atoms with van der Waals surface area (Å²) in [6.45, 7) is 4.81. The van der Waals surface area contributed by atoms with Crippen LogP contribution in [-0.4, -0.2) is 5.11 Å². The van der Waals surface area contributed by atoms with Gasteiger partial charge in [-0.1, -0.05) is 41.7 Å². The standard InChI is InChI=1S/C13H16NOS.BrH/c1-10-11(2)16-9-14(10)8-13(15)12-6-4-3-5-7-12;/h3-7,9,13,15H,8H2,1-2H3;1H/q+1;/p-1. The first-order valence-corrected chi connectivity index (χ1v) is 6.23. The maximum absolute atomic E-state index is 10.1. The summed E-state index contributed by atoms with van der Waals surface area (Å²) in [6, 6.07) is 9.78. The topological polar surface area (TPSA) is 24.1 Å². The summed E-state index contributed by atoms with van der Waals surface area (Å²) in [5, 5.41) is 10.1. The van der Waals surface area contributed by atoms with Crippen LogP contribution in [0.3, 0.4) is 0 Å². The largest absolute Gasteiger partial charge is 1.00 e. The number of aliphatic hydroxyl groups excluding tert-OH is 1. The first-order chi connectivity index (χ1) is 7.68. The highest BCUT2D eigenvalue weighted by Crippen LogP contribution is 2.14. The van der Waals surface area contributed by atoms with Gasteiger partial charge in [-0.25, -0.2) is 0 Å². The van der Waals surface area contributed by atoms with Crippen molar-refractivity contribution in [3.63, 3.8) is 0 Å². The minimum Gasteiger partial charge on any atom is -1.00 e. The predicted octanol–water partition coefficient (Wildman–Crippen LogP) is -0.610. The van der Waals surface area contributed by atoms with Gasteiger partial charge in [-0.2, -0.15) is 4.57 Å². The molecule has 1 aromatic heterocycles. The molecule has 0 saturated carbocycles. The summed E-state index contributed by atoms with van der Waals surface area (Å²) in [6.07, 6.45) is -0.432. The second-order valence-corrected chi connectivity index (χ2v) is 5.00. The fraction of sp³-hybridized carbons (Fsp3) is 0.308. The summed E-state index contributed by atoms with van der Waals surface area (Å²) in [7, 11) is 0. The van der Waals surface area contributed by atoms with Crippen molar-refractivity contribution < 1.29 is 26.7 Å². The SMILES string of the molecule is Cc1sc[n+](CC(O)c2ccccc2)c1C.[Br-]. The molecule has 0 aliphatic heterocycles. The number of rotatable bonds is 3. The van der Waals surface area contributed by atoms with Crippen molar-refractivity contribution in [2.75, 3.05) is 0 Å². The molecule has 1 aromatic carbocycles. The van der Waals surface area contributed by atoms with Crippen LogP contribution in [0, 0.1) is 13.8 Å². The molecule has 2 rings (SSSR count). The van der Waals surface area contributed by atoms with Gasteiger partial charge in [0.1, 0.15) is 6.10 Å². The molecule has 0 bridgehead atoms. The van der Waals surface area contributed by atoms with Gasteiger partial charge >= 0.3 is 0 Å². The molecule has 0 radical (unpaired) electrons. The second kappa shape index (κ2) is 6.28. The average molecular weight is 314 g/mol. The van der Waals surface area contributed by atoms with E-state index in [4.69, 9.17) is 0 Å². The van der Waals surface area contributed by atoms with E-state index in [0.717, 1.165) is 5.56 Å². The quantitative estimate of drug-likeness (QED) is 0.751. The number of hydrogen-bond donors (Lipinski definition) is 1. The molecule has 0 saturated heterocycles. The van der Waals surface area contributed by atoms with Crippen LogP contribution in [0.1, 0.15) is 22.2 Å². The van der Waals surface area contributed by atoms with E-state index in [1.165, 1.54) is 10.6 Å². The van der Waals surface area contributed by atoms with Gasteiger partial charge in [-0.15, -0.1) is 0 Å². The van der Waals surface area contributed by atoms with Gasteiger partial charge < -0.3 is 22.1 Å². The molecule has 0 spiro atoms. The third-order valence-corrected chi connectivity index (χ3v) is 3.86. The minimum atomic E-state index is -0.432. The van der Waals surface area contributed by atoms with Gasteiger partial charge in [-0.3, -0.25) is 0 Å². The van der Waals surface area contributed by atoms with Crippen LogP contribution in [-0.2, 0) is 6.54 Å². The highest BCUT2D eigenvalue weighted by atomic mass is 79.9. The van der Waals surface area contributed by atoms with Crippen LogP contribution >= 0.6 is 11.3 Å². The van der Waals surface area contributed by atoms with Crippen LogP contribution in [0.15, 0.2) is 35.8 Å². The molecular formula is C13H16BrNOS. The predicted molar refractivity (Wildman–Crippen MR) is 65.4 cm³/mol. The fourth-order valence-electron chi connectivity index (χ4n) is 1.66. The van der Waals surface area contributed by atoms with Crippen LogP contribution < -0.4 is 21.5 Å². The Balaban J connectivity index is 0.00000144. The molecule has 0 aliphatic rings. The third kappa shape index (κ3) is 3.37. The Bertz CT molecular complexity index is 470. The number of aromatic nitrogens is 1. The number of aryl methyl sites for hydroxylation is 1. The van der Waals surface area contributed by atoms with E-state index >= 15 is 0 Å². The van der Waals surface area contributed by atoms with E-state index in [1.54, 1.807) is 11.3 Å². The highest BCUT2D eigenvalue weighted by Gasteiger charge is 2.17. The van der Waals surface area contributed by atoms with Gasteiger partial charge in [0.15, 0.2) is 12.2 Å². The molecule has 0 fully saturated rings. The van der Waals surface area contributed by atoms with Crippen LogP contribution in [0.25, 0.3) is 0 Å². The third-order valence-electron chi connectivity index (χ3n) is 2.85. The van der Waals surface area contributed by atoms with Gasteiger partial charge in [0, 0.05) is 6.92 Å². The van der Waals surface area contributed by atoms with Gasteiger partial charge in [0.2, 0.25) is 5.51 Å². The normalized spacial score (nSPS) is 11.9. The smallest absolute Gasteiger partial charge is 0.225 e. The molecule has 0 aliphatic carbocycles. The van der Waals surface area contributed by atoms with Crippen molar-refractivity contribution in [2.45, 2.75) is 26.5 Å². The fourth-order valence-corrected chi connectivity index (χ4v) is 2.47. The van der Waals surface area contributed by atoms with Crippen LogP contribution in [0.2, 0.25) is 0 Å². The van der Waals surface area contributed by atoms with Crippen molar-refractivity contribution in [1.29, 1.82) is 0 Å². The van der Waals surface area contributed by atoms with Crippen molar-refractivity contribution in [1.82, 2.24) is 0 Å². The van der Waals surface area contributed by atoms with Crippen molar-refractivity contribution >= 4 is 11.3 Å². The van der Waals surface area contributed by atoms with Crippen molar-refractivity contribution in [2.24, 2.45) is 0 Å². The first kappa shape index (κ1) is 14.4. The maximum Gasteiger partial charge on any atom is 0.225 e. The number of halogens is 1. The molecule has 2 aromatic rings. The Kier molecular flexibility index (Phi) is 5.31. The average Bonchev–Trinajstić information content (AvgIpc) is 2.62. The minimum absolute atomic E-state index is 0. The number of aliphatic hydroxyl groups is 1. The lowest BCUT2D eigenvalue weighted by molar-refractivity contribution is -0.706. The Morgan fingerprint density at radius 2 is 1.88 bits per heavy atom. The molecule has 2 nitrogen and oxygen atoms in total. The first-order valence-electron chi connectivity index (χ1n) is 5.35. The molecule has 17 heavy (non-hydrogen) atoms. The highest BCUT2D eigenvalue weighted by molar-refractivity contribution is 7.09.